The van der Waals surface area contributed by atoms with Gasteiger partial charge in [0.2, 0.25) is 0 Å². The lowest BCUT2D eigenvalue weighted by atomic mass is 10.3. The second kappa shape index (κ2) is 4.59. The predicted octanol–water partition coefficient (Wildman–Crippen LogP) is 3.68. The van der Waals surface area contributed by atoms with Gasteiger partial charge in [-0.3, -0.25) is 0 Å². The van der Waals surface area contributed by atoms with Gasteiger partial charge in [0.1, 0.15) is 5.75 Å². The van der Waals surface area contributed by atoms with Crippen molar-refractivity contribution in [3.8, 4) is 11.5 Å². The van der Waals surface area contributed by atoms with Crippen molar-refractivity contribution in [1.29, 1.82) is 0 Å². The molecule has 0 aliphatic carbocycles. The molecule has 2 aromatic rings. The van der Waals surface area contributed by atoms with Crippen molar-refractivity contribution in [2.75, 3.05) is 0 Å². The van der Waals surface area contributed by atoms with Gasteiger partial charge < -0.3 is 4.74 Å². The lowest BCUT2D eigenvalue weighted by Gasteiger charge is -2.04. The molecule has 0 atom stereocenters. The fourth-order valence-corrected chi connectivity index (χ4v) is 1.40. The van der Waals surface area contributed by atoms with Crippen molar-refractivity contribution >= 4 is 27.5 Å². The Hall–Kier alpha value is -1.13. The van der Waals surface area contributed by atoms with E-state index in [1.54, 1.807) is 24.5 Å². The molecular formula is C10H6BrClN2O. The number of rotatable bonds is 2. The molecule has 76 valence electrons. The third kappa shape index (κ3) is 2.91. The van der Waals surface area contributed by atoms with Gasteiger partial charge in [0.15, 0.2) is 10.5 Å². The number of ether oxygens (including phenoxy) is 1. The summed E-state index contributed by atoms with van der Waals surface area (Å²) in [4.78, 5) is 7.89. The van der Waals surface area contributed by atoms with E-state index >= 15 is 0 Å². The van der Waals surface area contributed by atoms with Crippen molar-refractivity contribution < 1.29 is 4.74 Å². The van der Waals surface area contributed by atoms with Crippen LogP contribution in [0.3, 0.4) is 0 Å². The first-order valence-electron chi connectivity index (χ1n) is 4.15. The maximum atomic E-state index is 5.82. The Morgan fingerprint density at radius 3 is 2.53 bits per heavy atom. The van der Waals surface area contributed by atoms with Crippen LogP contribution in [0, 0.1) is 0 Å². The third-order valence-electron chi connectivity index (χ3n) is 1.63. The lowest BCUT2D eigenvalue weighted by molar-refractivity contribution is 0.477. The number of hydrogen-bond donors (Lipinski definition) is 0. The van der Waals surface area contributed by atoms with Crippen LogP contribution in [0.1, 0.15) is 0 Å². The Balaban J connectivity index is 2.18. The summed E-state index contributed by atoms with van der Waals surface area (Å²) in [6, 6.07) is 7.14. The zero-order valence-corrected chi connectivity index (χ0v) is 9.86. The van der Waals surface area contributed by atoms with Gasteiger partial charge >= 0.3 is 0 Å². The molecule has 1 aromatic carbocycles. The number of benzene rings is 1. The Bertz CT molecular complexity index is 461. The molecule has 5 heteroatoms. The Morgan fingerprint density at radius 2 is 1.87 bits per heavy atom. The molecule has 0 unspecified atom stereocenters. The molecule has 0 spiro atoms. The molecule has 2 rings (SSSR count). The fraction of sp³-hybridized carbons (Fsp3) is 0. The zero-order valence-electron chi connectivity index (χ0n) is 7.52. The number of aromatic nitrogens is 2. The number of nitrogens with zero attached hydrogens (tertiary/aromatic N) is 2. The van der Waals surface area contributed by atoms with Gasteiger partial charge in [-0.1, -0.05) is 17.7 Å². The normalized spacial score (nSPS) is 10.0. The predicted molar refractivity (Wildman–Crippen MR) is 61.3 cm³/mol. The minimum absolute atomic E-state index is 0.529. The van der Waals surface area contributed by atoms with E-state index in [2.05, 4.69) is 25.9 Å². The second-order valence-corrected chi connectivity index (χ2v) is 3.89. The summed E-state index contributed by atoms with van der Waals surface area (Å²) in [5.74, 6) is 1.23. The van der Waals surface area contributed by atoms with Gasteiger partial charge in [0.25, 0.3) is 0 Å². The lowest BCUT2D eigenvalue weighted by Crippen LogP contribution is -1.87. The zero-order chi connectivity index (χ0) is 10.7. The molecular weight excluding hydrogens is 279 g/mol. The van der Waals surface area contributed by atoms with Crippen LogP contribution in [0.2, 0.25) is 5.02 Å². The van der Waals surface area contributed by atoms with Crippen LogP contribution in [0.5, 0.6) is 11.5 Å². The summed E-state index contributed by atoms with van der Waals surface area (Å²) < 4.78 is 6.01. The topological polar surface area (TPSA) is 35.0 Å². The first-order chi connectivity index (χ1) is 7.24. The minimum atomic E-state index is 0.529. The SMILES string of the molecule is Clc1cccc(Oc2cnc(Br)nc2)c1. The van der Waals surface area contributed by atoms with Gasteiger partial charge in [-0.05, 0) is 34.1 Å². The monoisotopic (exact) mass is 284 g/mol. The molecule has 0 radical (unpaired) electrons. The van der Waals surface area contributed by atoms with Crippen LogP contribution in [-0.2, 0) is 0 Å². The fourth-order valence-electron chi connectivity index (χ4n) is 1.02. The molecule has 3 nitrogen and oxygen atoms in total. The van der Waals surface area contributed by atoms with E-state index < -0.39 is 0 Å². The minimum Gasteiger partial charge on any atom is -0.454 e. The highest BCUT2D eigenvalue weighted by Gasteiger charge is 1.99. The maximum Gasteiger partial charge on any atom is 0.196 e. The van der Waals surface area contributed by atoms with Crippen LogP contribution in [-0.4, -0.2) is 9.97 Å². The first-order valence-corrected chi connectivity index (χ1v) is 5.32. The Kier molecular flexibility index (Phi) is 3.18. The molecule has 1 aromatic heterocycles. The average Bonchev–Trinajstić information content (AvgIpc) is 2.22. The van der Waals surface area contributed by atoms with E-state index in [1.807, 2.05) is 12.1 Å². The highest BCUT2D eigenvalue weighted by Crippen LogP contribution is 2.23. The third-order valence-corrected chi connectivity index (χ3v) is 2.27. The Morgan fingerprint density at radius 1 is 1.13 bits per heavy atom. The van der Waals surface area contributed by atoms with Crippen molar-refractivity contribution in [3.63, 3.8) is 0 Å². The van der Waals surface area contributed by atoms with Crippen molar-refractivity contribution in [3.05, 3.63) is 46.4 Å². The second-order valence-electron chi connectivity index (χ2n) is 2.75. The van der Waals surface area contributed by atoms with Gasteiger partial charge in [-0.15, -0.1) is 0 Å². The smallest absolute Gasteiger partial charge is 0.196 e. The summed E-state index contributed by atoms with van der Waals surface area (Å²) in [5.41, 5.74) is 0. The number of halogens is 2. The maximum absolute atomic E-state index is 5.82. The highest BCUT2D eigenvalue weighted by molar-refractivity contribution is 9.10. The molecule has 0 N–H and O–H groups in total. The largest absolute Gasteiger partial charge is 0.454 e. The van der Waals surface area contributed by atoms with Crippen molar-refractivity contribution in [2.24, 2.45) is 0 Å². The van der Waals surface area contributed by atoms with E-state index in [1.165, 1.54) is 0 Å². The van der Waals surface area contributed by atoms with Crippen molar-refractivity contribution in [2.45, 2.75) is 0 Å². The molecule has 0 aliphatic heterocycles. The summed E-state index contributed by atoms with van der Waals surface area (Å²) >= 11 is 8.96. The van der Waals surface area contributed by atoms with Gasteiger partial charge in [0, 0.05) is 5.02 Å². The van der Waals surface area contributed by atoms with Crippen LogP contribution in [0.4, 0.5) is 0 Å². The van der Waals surface area contributed by atoms with Crippen LogP contribution < -0.4 is 4.74 Å². The Labute approximate surface area is 100 Å². The highest BCUT2D eigenvalue weighted by atomic mass is 79.9. The summed E-state index contributed by atoms with van der Waals surface area (Å²) in [7, 11) is 0. The van der Waals surface area contributed by atoms with E-state index in [9.17, 15) is 0 Å². The molecule has 0 saturated heterocycles. The molecule has 0 saturated carbocycles. The molecule has 0 fully saturated rings. The molecule has 0 amide bonds. The van der Waals surface area contributed by atoms with Gasteiger partial charge in [-0.2, -0.15) is 0 Å². The molecule has 1 heterocycles. The molecule has 0 aliphatic rings. The van der Waals surface area contributed by atoms with Gasteiger partial charge in [0.05, 0.1) is 12.4 Å². The van der Waals surface area contributed by atoms with E-state index in [-0.39, 0.29) is 0 Å². The molecule has 0 bridgehead atoms. The van der Waals surface area contributed by atoms with E-state index in [0.29, 0.717) is 21.3 Å². The first kappa shape index (κ1) is 10.4. The van der Waals surface area contributed by atoms with Crippen LogP contribution >= 0.6 is 27.5 Å². The number of hydrogen-bond acceptors (Lipinski definition) is 3. The van der Waals surface area contributed by atoms with Crippen LogP contribution in [0.25, 0.3) is 0 Å². The van der Waals surface area contributed by atoms with Crippen molar-refractivity contribution in [1.82, 2.24) is 9.97 Å². The summed E-state index contributed by atoms with van der Waals surface area (Å²) in [5, 5.41) is 0.630. The van der Waals surface area contributed by atoms with E-state index in [4.69, 9.17) is 16.3 Å². The average molecular weight is 286 g/mol. The van der Waals surface area contributed by atoms with Crippen LogP contribution in [0.15, 0.2) is 41.4 Å². The van der Waals surface area contributed by atoms with Gasteiger partial charge in [-0.25, -0.2) is 9.97 Å². The quantitative estimate of drug-likeness (QED) is 0.789. The molecule has 15 heavy (non-hydrogen) atoms. The summed E-state index contributed by atoms with van der Waals surface area (Å²) in [6.07, 6.45) is 3.16. The standard InChI is InChI=1S/C10H6BrClN2O/c11-10-13-5-9(6-14-10)15-8-3-1-2-7(12)4-8/h1-6H. The van der Waals surface area contributed by atoms with E-state index in [0.717, 1.165) is 0 Å². The summed E-state index contributed by atoms with van der Waals surface area (Å²) in [6.45, 7) is 0.